The summed E-state index contributed by atoms with van der Waals surface area (Å²) in [5, 5.41) is 4.23. The number of aromatic amines is 1. The van der Waals surface area contributed by atoms with Crippen LogP contribution in [0.4, 0.5) is 0 Å². The second-order valence-electron chi connectivity index (χ2n) is 7.55. The van der Waals surface area contributed by atoms with Crippen LogP contribution in [0.25, 0.3) is 11.4 Å². The number of carbonyl (C=O) groups excluding carboxylic acids is 1. The Bertz CT molecular complexity index is 1020. The fraction of sp³-hybridized carbons (Fsp3) is 0.364. The molecule has 4 rings (SSSR count). The highest BCUT2D eigenvalue weighted by atomic mass is 16.2. The van der Waals surface area contributed by atoms with Crippen LogP contribution < -0.4 is 5.56 Å². The van der Waals surface area contributed by atoms with Crippen molar-refractivity contribution in [2.45, 2.75) is 45.2 Å². The molecule has 2 aromatic heterocycles. The van der Waals surface area contributed by atoms with Crippen molar-refractivity contribution in [3.05, 3.63) is 70.4 Å². The summed E-state index contributed by atoms with van der Waals surface area (Å²) in [7, 11) is 0. The lowest BCUT2D eigenvalue weighted by atomic mass is 9.98. The Hall–Kier alpha value is -3.22. The van der Waals surface area contributed by atoms with E-state index in [1.54, 1.807) is 6.20 Å². The van der Waals surface area contributed by atoms with Gasteiger partial charge in [0.15, 0.2) is 0 Å². The number of likely N-dealkylation sites (tertiary alicyclic amines) is 1. The van der Waals surface area contributed by atoms with E-state index in [1.807, 2.05) is 53.0 Å². The van der Waals surface area contributed by atoms with E-state index in [9.17, 15) is 9.59 Å². The SMILES string of the molecule is Cc1ccc(-c2ncc(C(=O)N3CCCC[C@H]3CCn3cccn3)c(=O)[nH]2)cc1. The number of hydrogen-bond acceptors (Lipinski definition) is 4. The zero-order chi connectivity index (χ0) is 20.2. The van der Waals surface area contributed by atoms with Crippen LogP contribution in [0.5, 0.6) is 0 Å². The second-order valence-corrected chi connectivity index (χ2v) is 7.55. The molecule has 1 fully saturated rings. The first-order valence-corrected chi connectivity index (χ1v) is 10.1. The Morgan fingerprint density at radius 1 is 1.24 bits per heavy atom. The van der Waals surface area contributed by atoms with E-state index < -0.39 is 5.56 Å². The molecule has 0 aliphatic carbocycles. The maximum atomic E-state index is 13.1. The molecule has 29 heavy (non-hydrogen) atoms. The third-order valence-electron chi connectivity index (χ3n) is 5.49. The Kier molecular flexibility index (Phi) is 5.55. The van der Waals surface area contributed by atoms with Crippen molar-refractivity contribution in [1.82, 2.24) is 24.6 Å². The van der Waals surface area contributed by atoms with E-state index in [0.29, 0.717) is 12.4 Å². The lowest BCUT2D eigenvalue weighted by Crippen LogP contribution is -2.45. The minimum Gasteiger partial charge on any atom is -0.335 e. The molecule has 7 nitrogen and oxygen atoms in total. The van der Waals surface area contributed by atoms with Crippen molar-refractivity contribution in [3.63, 3.8) is 0 Å². The molecule has 1 saturated heterocycles. The number of hydrogen-bond donors (Lipinski definition) is 1. The molecule has 1 aromatic carbocycles. The summed E-state index contributed by atoms with van der Waals surface area (Å²) < 4.78 is 1.88. The van der Waals surface area contributed by atoms with Crippen LogP contribution in [0.15, 0.2) is 53.7 Å². The molecule has 1 N–H and O–H groups in total. The van der Waals surface area contributed by atoms with Gasteiger partial charge in [-0.1, -0.05) is 29.8 Å². The first kappa shape index (κ1) is 19.1. The number of carbonyl (C=O) groups is 1. The minimum absolute atomic E-state index is 0.104. The first-order chi connectivity index (χ1) is 14.1. The van der Waals surface area contributed by atoms with Gasteiger partial charge >= 0.3 is 0 Å². The number of H-pyrrole nitrogens is 1. The van der Waals surface area contributed by atoms with Crippen LogP contribution in [0.2, 0.25) is 0 Å². The van der Waals surface area contributed by atoms with E-state index in [4.69, 9.17) is 0 Å². The van der Waals surface area contributed by atoms with Crippen molar-refractivity contribution in [2.75, 3.05) is 6.54 Å². The van der Waals surface area contributed by atoms with Crippen LogP contribution in [-0.2, 0) is 6.54 Å². The van der Waals surface area contributed by atoms with Gasteiger partial charge in [0.05, 0.1) is 0 Å². The van der Waals surface area contributed by atoms with Crippen LogP contribution in [0.3, 0.4) is 0 Å². The number of amides is 1. The van der Waals surface area contributed by atoms with Crippen molar-refractivity contribution >= 4 is 5.91 Å². The third kappa shape index (κ3) is 4.29. The zero-order valence-electron chi connectivity index (χ0n) is 16.5. The molecule has 0 unspecified atom stereocenters. The van der Waals surface area contributed by atoms with E-state index in [2.05, 4.69) is 15.1 Å². The van der Waals surface area contributed by atoms with Crippen molar-refractivity contribution in [2.24, 2.45) is 0 Å². The van der Waals surface area contributed by atoms with Crippen molar-refractivity contribution in [3.8, 4) is 11.4 Å². The summed E-state index contributed by atoms with van der Waals surface area (Å²) in [6, 6.07) is 9.75. The highest BCUT2D eigenvalue weighted by Crippen LogP contribution is 2.22. The number of benzene rings is 1. The van der Waals surface area contributed by atoms with Gasteiger partial charge in [0.1, 0.15) is 11.4 Å². The van der Waals surface area contributed by atoms with Gasteiger partial charge in [-0.05, 0) is 38.7 Å². The van der Waals surface area contributed by atoms with E-state index in [-0.39, 0.29) is 17.5 Å². The highest BCUT2D eigenvalue weighted by molar-refractivity contribution is 5.94. The molecule has 1 aliphatic rings. The molecule has 0 saturated carbocycles. The quantitative estimate of drug-likeness (QED) is 0.725. The topological polar surface area (TPSA) is 83.9 Å². The van der Waals surface area contributed by atoms with Gasteiger partial charge < -0.3 is 9.88 Å². The number of aryl methyl sites for hydroxylation is 2. The highest BCUT2D eigenvalue weighted by Gasteiger charge is 2.29. The Balaban J connectivity index is 1.52. The Labute approximate surface area is 169 Å². The van der Waals surface area contributed by atoms with Gasteiger partial charge in [0.2, 0.25) is 0 Å². The fourth-order valence-corrected chi connectivity index (χ4v) is 3.84. The summed E-state index contributed by atoms with van der Waals surface area (Å²) in [5.41, 5.74) is 1.67. The zero-order valence-corrected chi connectivity index (χ0v) is 16.5. The van der Waals surface area contributed by atoms with Gasteiger partial charge in [-0.2, -0.15) is 5.10 Å². The van der Waals surface area contributed by atoms with Crippen molar-refractivity contribution in [1.29, 1.82) is 0 Å². The number of aromatic nitrogens is 4. The maximum absolute atomic E-state index is 13.1. The summed E-state index contributed by atoms with van der Waals surface area (Å²) in [6.45, 7) is 3.42. The van der Waals surface area contributed by atoms with Crippen LogP contribution in [0, 0.1) is 6.92 Å². The molecule has 0 radical (unpaired) electrons. The summed E-state index contributed by atoms with van der Waals surface area (Å²) >= 11 is 0. The molecule has 3 aromatic rings. The molecule has 1 atom stereocenters. The summed E-state index contributed by atoms with van der Waals surface area (Å²) in [6.07, 6.45) is 8.90. The molecular weight excluding hydrogens is 366 g/mol. The molecule has 0 spiro atoms. The Morgan fingerprint density at radius 3 is 2.79 bits per heavy atom. The molecule has 7 heteroatoms. The molecule has 1 amide bonds. The van der Waals surface area contributed by atoms with Gasteiger partial charge in [-0.25, -0.2) is 4.98 Å². The fourth-order valence-electron chi connectivity index (χ4n) is 3.84. The summed E-state index contributed by atoms with van der Waals surface area (Å²) in [5.74, 6) is 0.236. The maximum Gasteiger partial charge on any atom is 0.264 e. The lowest BCUT2D eigenvalue weighted by molar-refractivity contribution is 0.0591. The van der Waals surface area contributed by atoms with E-state index >= 15 is 0 Å². The van der Waals surface area contributed by atoms with E-state index in [1.165, 1.54) is 6.20 Å². The van der Waals surface area contributed by atoms with Crippen LogP contribution >= 0.6 is 0 Å². The number of nitrogens with zero attached hydrogens (tertiary/aromatic N) is 4. The largest absolute Gasteiger partial charge is 0.335 e. The lowest BCUT2D eigenvalue weighted by Gasteiger charge is -2.35. The predicted molar refractivity (Wildman–Crippen MR) is 111 cm³/mol. The second kappa shape index (κ2) is 8.43. The molecular formula is C22H25N5O2. The predicted octanol–water partition coefficient (Wildman–Crippen LogP) is 3.03. The number of piperidine rings is 1. The smallest absolute Gasteiger partial charge is 0.264 e. The minimum atomic E-state index is -0.392. The summed E-state index contributed by atoms with van der Waals surface area (Å²) in [4.78, 5) is 34.7. The van der Waals surface area contributed by atoms with Crippen LogP contribution in [0.1, 0.15) is 41.6 Å². The average Bonchev–Trinajstić information content (AvgIpc) is 3.26. The third-order valence-corrected chi connectivity index (χ3v) is 5.49. The first-order valence-electron chi connectivity index (χ1n) is 10.1. The molecule has 1 aliphatic heterocycles. The van der Waals surface area contributed by atoms with Gasteiger partial charge in [-0.3, -0.25) is 14.3 Å². The van der Waals surface area contributed by atoms with Gasteiger partial charge in [-0.15, -0.1) is 0 Å². The Morgan fingerprint density at radius 2 is 2.07 bits per heavy atom. The normalized spacial score (nSPS) is 16.7. The van der Waals surface area contributed by atoms with Crippen molar-refractivity contribution < 1.29 is 4.79 Å². The number of nitrogens with one attached hydrogen (secondary N) is 1. The van der Waals surface area contributed by atoms with Crippen LogP contribution in [-0.4, -0.2) is 43.1 Å². The van der Waals surface area contributed by atoms with E-state index in [0.717, 1.165) is 43.4 Å². The van der Waals surface area contributed by atoms with Gasteiger partial charge in [0.25, 0.3) is 11.5 Å². The monoisotopic (exact) mass is 391 g/mol. The standard InChI is InChI=1S/C22H25N5O2/c1-16-6-8-17(9-7-16)20-23-15-19(21(28)25-20)22(29)27-13-3-2-5-18(27)10-14-26-12-4-11-24-26/h4,6-9,11-12,15,18H,2-3,5,10,13-14H2,1H3,(H,23,25,28)/t18-/m0/s1. The van der Waals surface area contributed by atoms with Gasteiger partial charge in [0, 0.05) is 43.3 Å². The molecule has 0 bridgehead atoms. The molecule has 150 valence electrons. The average molecular weight is 391 g/mol. The number of rotatable bonds is 5. The molecule has 3 heterocycles.